The van der Waals surface area contributed by atoms with Gasteiger partial charge in [-0.2, -0.15) is 0 Å². The largest absolute Gasteiger partial charge is 0.398 e. The van der Waals surface area contributed by atoms with Gasteiger partial charge in [0, 0.05) is 30.4 Å². The Bertz CT molecular complexity index is 367. The summed E-state index contributed by atoms with van der Waals surface area (Å²) in [6, 6.07) is 2.73. The fourth-order valence-corrected chi connectivity index (χ4v) is 1.19. The summed E-state index contributed by atoms with van der Waals surface area (Å²) in [7, 11) is 1.66. The summed E-state index contributed by atoms with van der Waals surface area (Å²) < 4.78 is 13.3. The van der Waals surface area contributed by atoms with Gasteiger partial charge in [0.15, 0.2) is 0 Å². The Kier molecular flexibility index (Phi) is 3.29. The molecule has 0 aliphatic carbocycles. The van der Waals surface area contributed by atoms with Crippen LogP contribution in [-0.4, -0.2) is 24.4 Å². The van der Waals surface area contributed by atoms with Crippen LogP contribution in [0, 0.1) is 12.7 Å². The van der Waals surface area contributed by atoms with Gasteiger partial charge in [0.1, 0.15) is 5.82 Å². The van der Waals surface area contributed by atoms with Crippen LogP contribution in [0.4, 0.5) is 10.1 Å². The zero-order chi connectivity index (χ0) is 11.6. The van der Waals surface area contributed by atoms with Crippen molar-refractivity contribution < 1.29 is 9.18 Å². The molecule has 0 saturated heterocycles. The van der Waals surface area contributed by atoms with Crippen molar-refractivity contribution in [3.05, 3.63) is 29.1 Å². The van der Waals surface area contributed by atoms with E-state index in [1.54, 1.807) is 14.0 Å². The van der Waals surface area contributed by atoms with E-state index in [1.807, 2.05) is 6.92 Å². The first-order valence-electron chi connectivity index (χ1n) is 4.78. The van der Waals surface area contributed by atoms with Crippen molar-refractivity contribution in [2.24, 2.45) is 0 Å². The second-order valence-corrected chi connectivity index (χ2v) is 3.49. The van der Waals surface area contributed by atoms with Gasteiger partial charge in [0.05, 0.1) is 0 Å². The monoisotopic (exact) mass is 210 g/mol. The number of carbonyl (C=O) groups excluding carboxylic acids is 1. The maximum Gasteiger partial charge on any atom is 0.253 e. The lowest BCUT2D eigenvalue weighted by atomic mass is 10.1. The Morgan fingerprint density at radius 2 is 2.13 bits per heavy atom. The Morgan fingerprint density at radius 1 is 1.53 bits per heavy atom. The van der Waals surface area contributed by atoms with E-state index in [0.29, 0.717) is 23.4 Å². The van der Waals surface area contributed by atoms with Gasteiger partial charge in [-0.1, -0.05) is 0 Å². The first-order valence-corrected chi connectivity index (χ1v) is 4.78. The second-order valence-electron chi connectivity index (χ2n) is 3.49. The number of carbonyl (C=O) groups is 1. The zero-order valence-electron chi connectivity index (χ0n) is 9.17. The predicted octanol–water partition coefficient (Wildman–Crippen LogP) is 1.81. The molecule has 0 bridgehead atoms. The third-order valence-corrected chi connectivity index (χ3v) is 2.45. The standard InChI is InChI=1S/C11H15FN2O/c1-4-14(3)11(15)8-5-9(12)7(2)10(13)6-8/h5-6H,4,13H2,1-3H3. The van der Waals surface area contributed by atoms with Crippen LogP contribution in [-0.2, 0) is 0 Å². The van der Waals surface area contributed by atoms with Crippen molar-refractivity contribution in [2.45, 2.75) is 13.8 Å². The number of halogens is 1. The van der Waals surface area contributed by atoms with Crippen LogP contribution in [0.2, 0.25) is 0 Å². The molecule has 1 rings (SSSR count). The van der Waals surface area contributed by atoms with E-state index in [2.05, 4.69) is 0 Å². The SMILES string of the molecule is CCN(C)C(=O)c1cc(N)c(C)c(F)c1. The highest BCUT2D eigenvalue weighted by Crippen LogP contribution is 2.18. The van der Waals surface area contributed by atoms with Gasteiger partial charge in [0.25, 0.3) is 5.91 Å². The highest BCUT2D eigenvalue weighted by molar-refractivity contribution is 5.95. The number of hydrogen-bond acceptors (Lipinski definition) is 2. The van der Waals surface area contributed by atoms with Gasteiger partial charge in [-0.15, -0.1) is 0 Å². The highest BCUT2D eigenvalue weighted by atomic mass is 19.1. The molecule has 1 amide bonds. The lowest BCUT2D eigenvalue weighted by Crippen LogP contribution is -2.26. The molecular formula is C11H15FN2O. The van der Waals surface area contributed by atoms with Gasteiger partial charge in [0.2, 0.25) is 0 Å². The van der Waals surface area contributed by atoms with Gasteiger partial charge >= 0.3 is 0 Å². The van der Waals surface area contributed by atoms with Crippen molar-refractivity contribution in [2.75, 3.05) is 19.3 Å². The number of anilines is 1. The van der Waals surface area contributed by atoms with Crippen LogP contribution < -0.4 is 5.73 Å². The van der Waals surface area contributed by atoms with E-state index in [1.165, 1.54) is 17.0 Å². The van der Waals surface area contributed by atoms with E-state index in [4.69, 9.17) is 5.73 Å². The molecule has 4 heteroatoms. The minimum Gasteiger partial charge on any atom is -0.398 e. The molecule has 0 atom stereocenters. The summed E-state index contributed by atoms with van der Waals surface area (Å²) >= 11 is 0. The molecule has 0 saturated carbocycles. The Labute approximate surface area is 88.7 Å². The van der Waals surface area contributed by atoms with E-state index in [-0.39, 0.29) is 5.91 Å². The molecule has 82 valence electrons. The van der Waals surface area contributed by atoms with E-state index >= 15 is 0 Å². The highest BCUT2D eigenvalue weighted by Gasteiger charge is 2.13. The fraction of sp³-hybridized carbons (Fsp3) is 0.364. The maximum absolute atomic E-state index is 13.3. The summed E-state index contributed by atoms with van der Waals surface area (Å²) in [6.45, 7) is 4.02. The number of benzene rings is 1. The number of rotatable bonds is 2. The smallest absolute Gasteiger partial charge is 0.253 e. The van der Waals surface area contributed by atoms with Crippen LogP contribution in [0.1, 0.15) is 22.8 Å². The third-order valence-electron chi connectivity index (χ3n) is 2.45. The molecule has 1 aromatic rings. The molecule has 0 aromatic heterocycles. The molecule has 0 radical (unpaired) electrons. The topological polar surface area (TPSA) is 46.3 Å². The van der Waals surface area contributed by atoms with Crippen molar-refractivity contribution in [3.8, 4) is 0 Å². The molecule has 0 spiro atoms. The van der Waals surface area contributed by atoms with Gasteiger partial charge in [-0.25, -0.2) is 4.39 Å². The van der Waals surface area contributed by atoms with Crippen molar-refractivity contribution in [3.63, 3.8) is 0 Å². The molecule has 15 heavy (non-hydrogen) atoms. The second kappa shape index (κ2) is 4.29. The Hall–Kier alpha value is -1.58. The Balaban J connectivity index is 3.12. The molecule has 0 heterocycles. The molecule has 2 N–H and O–H groups in total. The summed E-state index contributed by atoms with van der Waals surface area (Å²) in [6.07, 6.45) is 0. The van der Waals surface area contributed by atoms with Crippen molar-refractivity contribution in [1.82, 2.24) is 4.90 Å². The van der Waals surface area contributed by atoms with Gasteiger partial charge in [-0.05, 0) is 26.0 Å². The molecule has 0 fully saturated rings. The first-order chi connectivity index (χ1) is 6.97. The van der Waals surface area contributed by atoms with Crippen molar-refractivity contribution in [1.29, 1.82) is 0 Å². The molecule has 0 aliphatic heterocycles. The quantitative estimate of drug-likeness (QED) is 0.757. The number of amides is 1. The predicted molar refractivity (Wildman–Crippen MR) is 58.2 cm³/mol. The van der Waals surface area contributed by atoms with Gasteiger partial charge < -0.3 is 10.6 Å². The number of nitrogens with two attached hydrogens (primary N) is 1. The molecular weight excluding hydrogens is 195 g/mol. The number of nitrogen functional groups attached to an aromatic ring is 1. The van der Waals surface area contributed by atoms with Crippen LogP contribution in [0.5, 0.6) is 0 Å². The zero-order valence-corrected chi connectivity index (χ0v) is 9.17. The number of hydrogen-bond donors (Lipinski definition) is 1. The summed E-state index contributed by atoms with van der Waals surface area (Å²) in [4.78, 5) is 13.2. The minimum absolute atomic E-state index is 0.219. The average molecular weight is 210 g/mol. The van der Waals surface area contributed by atoms with Crippen LogP contribution in [0.15, 0.2) is 12.1 Å². The summed E-state index contributed by atoms with van der Waals surface area (Å²) in [5, 5.41) is 0. The Morgan fingerprint density at radius 3 is 2.60 bits per heavy atom. The average Bonchev–Trinajstić information content (AvgIpc) is 2.23. The first kappa shape index (κ1) is 11.5. The van der Waals surface area contributed by atoms with E-state index in [9.17, 15) is 9.18 Å². The summed E-state index contributed by atoms with van der Waals surface area (Å²) in [5.74, 6) is -0.661. The van der Waals surface area contributed by atoms with E-state index in [0.717, 1.165) is 0 Å². The normalized spacial score (nSPS) is 10.1. The van der Waals surface area contributed by atoms with Crippen LogP contribution >= 0.6 is 0 Å². The van der Waals surface area contributed by atoms with Crippen LogP contribution in [0.25, 0.3) is 0 Å². The lowest BCUT2D eigenvalue weighted by Gasteiger charge is -2.15. The molecule has 0 unspecified atom stereocenters. The van der Waals surface area contributed by atoms with Gasteiger partial charge in [-0.3, -0.25) is 4.79 Å². The lowest BCUT2D eigenvalue weighted by molar-refractivity contribution is 0.0802. The third kappa shape index (κ3) is 2.26. The van der Waals surface area contributed by atoms with Crippen molar-refractivity contribution >= 4 is 11.6 Å². The number of nitrogens with zero attached hydrogens (tertiary/aromatic N) is 1. The molecule has 0 aliphatic rings. The summed E-state index contributed by atoms with van der Waals surface area (Å²) in [5.41, 5.74) is 6.57. The fourth-order valence-electron chi connectivity index (χ4n) is 1.19. The minimum atomic E-state index is -0.442. The van der Waals surface area contributed by atoms with E-state index < -0.39 is 5.82 Å². The molecule has 1 aromatic carbocycles. The molecule has 3 nitrogen and oxygen atoms in total. The van der Waals surface area contributed by atoms with Crippen LogP contribution in [0.3, 0.4) is 0 Å². The maximum atomic E-state index is 13.3.